The van der Waals surface area contributed by atoms with Crippen molar-refractivity contribution in [1.82, 2.24) is 0 Å². The summed E-state index contributed by atoms with van der Waals surface area (Å²) in [5.41, 5.74) is 3.33. The van der Waals surface area contributed by atoms with Gasteiger partial charge in [0, 0.05) is 10.0 Å². The van der Waals surface area contributed by atoms with E-state index in [-0.39, 0.29) is 5.78 Å². The molecule has 0 aliphatic rings. The van der Waals surface area contributed by atoms with Crippen LogP contribution in [0.3, 0.4) is 0 Å². The molecular formula is C17H14BrNO. The van der Waals surface area contributed by atoms with E-state index < -0.39 is 5.92 Å². The molecule has 2 rings (SSSR count). The number of ketones is 1. The van der Waals surface area contributed by atoms with Crippen molar-refractivity contribution >= 4 is 21.7 Å². The van der Waals surface area contributed by atoms with E-state index in [0.29, 0.717) is 11.1 Å². The second-order valence-electron chi connectivity index (χ2n) is 4.77. The van der Waals surface area contributed by atoms with Gasteiger partial charge >= 0.3 is 0 Å². The lowest BCUT2D eigenvalue weighted by Gasteiger charge is -2.12. The zero-order valence-corrected chi connectivity index (χ0v) is 12.9. The SMILES string of the molecule is Cc1ccc(C(=O)C(C#N)c2ccccc2Br)c(C)c1. The zero-order chi connectivity index (χ0) is 14.7. The summed E-state index contributed by atoms with van der Waals surface area (Å²) in [4.78, 5) is 12.6. The molecule has 0 heterocycles. The van der Waals surface area contributed by atoms with Gasteiger partial charge in [-0.15, -0.1) is 0 Å². The van der Waals surface area contributed by atoms with Crippen LogP contribution in [0, 0.1) is 25.2 Å². The lowest BCUT2D eigenvalue weighted by atomic mass is 9.89. The van der Waals surface area contributed by atoms with Crippen molar-refractivity contribution in [3.05, 3.63) is 69.2 Å². The molecule has 2 aromatic carbocycles. The van der Waals surface area contributed by atoms with E-state index in [1.807, 2.05) is 44.2 Å². The van der Waals surface area contributed by atoms with Crippen LogP contribution in [0.15, 0.2) is 46.9 Å². The summed E-state index contributed by atoms with van der Waals surface area (Å²) in [6, 6.07) is 15.1. The molecule has 0 amide bonds. The molecule has 2 aromatic rings. The van der Waals surface area contributed by atoms with Gasteiger partial charge in [-0.1, -0.05) is 57.9 Å². The number of rotatable bonds is 3. The quantitative estimate of drug-likeness (QED) is 0.775. The predicted octanol–water partition coefficient (Wildman–Crippen LogP) is 4.56. The largest absolute Gasteiger partial charge is 0.292 e. The summed E-state index contributed by atoms with van der Waals surface area (Å²) in [7, 11) is 0. The molecule has 0 radical (unpaired) electrons. The molecule has 2 nitrogen and oxygen atoms in total. The highest BCUT2D eigenvalue weighted by Gasteiger charge is 2.24. The minimum atomic E-state index is -0.785. The van der Waals surface area contributed by atoms with Crippen molar-refractivity contribution in [2.45, 2.75) is 19.8 Å². The topological polar surface area (TPSA) is 40.9 Å². The van der Waals surface area contributed by atoms with Crippen LogP contribution in [0.2, 0.25) is 0 Å². The number of aryl methyl sites for hydroxylation is 2. The second-order valence-corrected chi connectivity index (χ2v) is 5.62. The summed E-state index contributed by atoms with van der Waals surface area (Å²) < 4.78 is 0.782. The molecule has 0 saturated carbocycles. The lowest BCUT2D eigenvalue weighted by molar-refractivity contribution is 0.0978. The van der Waals surface area contributed by atoms with Gasteiger partial charge in [-0.05, 0) is 31.0 Å². The Morgan fingerprint density at radius 2 is 1.90 bits per heavy atom. The number of nitrogens with zero attached hydrogens (tertiary/aromatic N) is 1. The molecule has 0 aliphatic heterocycles. The Balaban J connectivity index is 2.45. The molecule has 3 heteroatoms. The third-order valence-corrected chi connectivity index (χ3v) is 3.98. The molecule has 0 aliphatic carbocycles. The van der Waals surface area contributed by atoms with Crippen molar-refractivity contribution in [3.63, 3.8) is 0 Å². The molecule has 1 atom stereocenters. The minimum Gasteiger partial charge on any atom is -0.292 e. The van der Waals surface area contributed by atoms with Gasteiger partial charge in [-0.3, -0.25) is 4.79 Å². The van der Waals surface area contributed by atoms with Crippen LogP contribution in [0.1, 0.15) is 33.0 Å². The van der Waals surface area contributed by atoms with Crippen molar-refractivity contribution < 1.29 is 4.79 Å². The number of carbonyl (C=O) groups excluding carboxylic acids is 1. The third kappa shape index (κ3) is 2.81. The van der Waals surface area contributed by atoms with Crippen LogP contribution in [-0.2, 0) is 0 Å². The summed E-state index contributed by atoms with van der Waals surface area (Å²) >= 11 is 3.41. The van der Waals surface area contributed by atoms with Gasteiger partial charge in [0.2, 0.25) is 0 Å². The fourth-order valence-corrected chi connectivity index (χ4v) is 2.74. The molecular weight excluding hydrogens is 314 g/mol. The maximum Gasteiger partial charge on any atom is 0.184 e. The van der Waals surface area contributed by atoms with Crippen molar-refractivity contribution in [2.75, 3.05) is 0 Å². The molecule has 1 unspecified atom stereocenters. The monoisotopic (exact) mass is 327 g/mol. The van der Waals surface area contributed by atoms with Crippen LogP contribution in [-0.4, -0.2) is 5.78 Å². The number of halogens is 1. The van der Waals surface area contributed by atoms with E-state index in [4.69, 9.17) is 0 Å². The fourth-order valence-electron chi connectivity index (χ4n) is 2.22. The number of carbonyl (C=O) groups is 1. The number of hydrogen-bond acceptors (Lipinski definition) is 2. The fraction of sp³-hybridized carbons (Fsp3) is 0.176. The average molecular weight is 328 g/mol. The Labute approximate surface area is 127 Å². The van der Waals surface area contributed by atoms with Crippen LogP contribution in [0.5, 0.6) is 0 Å². The van der Waals surface area contributed by atoms with Crippen LogP contribution in [0.4, 0.5) is 0 Å². The Morgan fingerprint density at radius 1 is 1.20 bits per heavy atom. The normalized spacial score (nSPS) is 11.7. The molecule has 100 valence electrons. The summed E-state index contributed by atoms with van der Waals surface area (Å²) in [5.74, 6) is -0.941. The van der Waals surface area contributed by atoms with Gasteiger partial charge in [0.1, 0.15) is 5.92 Å². The van der Waals surface area contributed by atoms with Crippen LogP contribution in [0.25, 0.3) is 0 Å². The first kappa shape index (κ1) is 14.5. The second kappa shape index (κ2) is 6.02. The smallest absolute Gasteiger partial charge is 0.184 e. The molecule has 0 N–H and O–H groups in total. The first-order valence-corrected chi connectivity index (χ1v) is 7.09. The highest BCUT2D eigenvalue weighted by Crippen LogP contribution is 2.28. The zero-order valence-electron chi connectivity index (χ0n) is 11.4. The Hall–Kier alpha value is -1.92. The highest BCUT2D eigenvalue weighted by molar-refractivity contribution is 9.10. The number of hydrogen-bond donors (Lipinski definition) is 0. The van der Waals surface area contributed by atoms with Gasteiger partial charge < -0.3 is 0 Å². The maximum absolute atomic E-state index is 12.6. The van der Waals surface area contributed by atoms with Gasteiger partial charge in [-0.2, -0.15) is 5.26 Å². The summed E-state index contributed by atoms with van der Waals surface area (Å²) in [5, 5.41) is 9.39. The van der Waals surface area contributed by atoms with Crippen molar-refractivity contribution in [2.24, 2.45) is 0 Å². The van der Waals surface area contributed by atoms with E-state index in [2.05, 4.69) is 22.0 Å². The molecule has 0 aromatic heterocycles. The van der Waals surface area contributed by atoms with E-state index in [1.165, 1.54) is 0 Å². The predicted molar refractivity (Wildman–Crippen MR) is 82.7 cm³/mol. The minimum absolute atomic E-state index is 0.156. The maximum atomic E-state index is 12.6. The van der Waals surface area contributed by atoms with Crippen molar-refractivity contribution in [1.29, 1.82) is 5.26 Å². The van der Waals surface area contributed by atoms with Crippen molar-refractivity contribution in [3.8, 4) is 6.07 Å². The number of nitriles is 1. The Kier molecular flexibility index (Phi) is 4.36. The third-order valence-electron chi connectivity index (χ3n) is 3.25. The first-order chi connectivity index (χ1) is 9.54. The molecule has 20 heavy (non-hydrogen) atoms. The van der Waals surface area contributed by atoms with Gasteiger partial charge in [0.25, 0.3) is 0 Å². The van der Waals surface area contributed by atoms with Crippen LogP contribution < -0.4 is 0 Å². The van der Waals surface area contributed by atoms with E-state index in [0.717, 1.165) is 15.6 Å². The molecule has 0 saturated heterocycles. The summed E-state index contributed by atoms with van der Waals surface area (Å²) in [6.45, 7) is 3.88. The Morgan fingerprint density at radius 3 is 2.50 bits per heavy atom. The first-order valence-electron chi connectivity index (χ1n) is 6.30. The number of Topliss-reactive ketones (excluding diaryl/α,β-unsaturated/α-hetero) is 1. The van der Waals surface area contributed by atoms with E-state index in [9.17, 15) is 10.1 Å². The van der Waals surface area contributed by atoms with Gasteiger partial charge in [-0.25, -0.2) is 0 Å². The standard InChI is InChI=1S/C17H14BrNO/c1-11-7-8-13(12(2)9-11)17(20)15(10-19)14-5-3-4-6-16(14)18/h3-9,15H,1-2H3. The van der Waals surface area contributed by atoms with Gasteiger partial charge in [0.05, 0.1) is 6.07 Å². The van der Waals surface area contributed by atoms with E-state index >= 15 is 0 Å². The highest BCUT2D eigenvalue weighted by atomic mass is 79.9. The molecule has 0 bridgehead atoms. The molecule has 0 spiro atoms. The molecule has 0 fully saturated rings. The Bertz CT molecular complexity index is 700. The van der Waals surface area contributed by atoms with Crippen LogP contribution >= 0.6 is 15.9 Å². The number of benzene rings is 2. The average Bonchev–Trinajstić information content (AvgIpc) is 2.41. The lowest BCUT2D eigenvalue weighted by Crippen LogP contribution is -2.13. The summed E-state index contributed by atoms with van der Waals surface area (Å²) in [6.07, 6.45) is 0. The van der Waals surface area contributed by atoms with E-state index in [1.54, 1.807) is 12.1 Å². The van der Waals surface area contributed by atoms with Gasteiger partial charge in [0.15, 0.2) is 5.78 Å².